The van der Waals surface area contributed by atoms with Gasteiger partial charge in [-0.2, -0.15) is 0 Å². The first kappa shape index (κ1) is 25.2. The van der Waals surface area contributed by atoms with Crippen LogP contribution in [0, 0.1) is 0 Å². The maximum absolute atomic E-state index is 12.6. The van der Waals surface area contributed by atoms with Crippen LogP contribution in [-0.2, 0) is 11.3 Å². The van der Waals surface area contributed by atoms with E-state index in [0.29, 0.717) is 34.3 Å². The zero-order chi connectivity index (χ0) is 24.6. The predicted molar refractivity (Wildman–Crippen MR) is 137 cm³/mol. The average Bonchev–Trinajstić information content (AvgIpc) is 3.51. The number of hydrogen-bond donors (Lipinski definition) is 1. The predicted octanol–water partition coefficient (Wildman–Crippen LogP) is 5.24. The largest absolute Gasteiger partial charge is 0.497 e. The Morgan fingerprint density at radius 3 is 2.66 bits per heavy atom. The number of carbonyl (C=O) groups is 1. The Morgan fingerprint density at radius 1 is 1.20 bits per heavy atom. The van der Waals surface area contributed by atoms with E-state index in [0.717, 1.165) is 23.6 Å². The fraction of sp³-hybridized carbons (Fsp3) is 0.458. The lowest BCUT2D eigenvalue weighted by Gasteiger charge is -2.18. The molecule has 0 saturated heterocycles. The molecule has 0 bridgehead atoms. The number of ether oxygens (including phenoxy) is 2. The van der Waals surface area contributed by atoms with E-state index in [2.05, 4.69) is 32.3 Å². The minimum absolute atomic E-state index is 0.154. The molecule has 2 aromatic heterocycles. The van der Waals surface area contributed by atoms with Crippen LogP contribution in [-0.4, -0.2) is 43.7 Å². The number of anilines is 1. The number of hydrogen-bond acceptors (Lipinski definition) is 9. The third-order valence-corrected chi connectivity index (χ3v) is 7.73. The SMILES string of the molecule is C=CCn1c(SCC(=O)Nc2nnc(C3CCCCC3)s2)nnc1C(C)Oc1ccc(OC)cc1. The van der Waals surface area contributed by atoms with Crippen LogP contribution in [0.4, 0.5) is 5.13 Å². The van der Waals surface area contributed by atoms with Crippen molar-refractivity contribution in [2.75, 3.05) is 18.2 Å². The molecule has 0 radical (unpaired) electrons. The van der Waals surface area contributed by atoms with Gasteiger partial charge >= 0.3 is 0 Å². The van der Waals surface area contributed by atoms with Crippen molar-refractivity contribution in [1.82, 2.24) is 25.0 Å². The van der Waals surface area contributed by atoms with Gasteiger partial charge in [0.25, 0.3) is 0 Å². The topological polar surface area (TPSA) is 104 Å². The fourth-order valence-electron chi connectivity index (χ4n) is 4.00. The van der Waals surface area contributed by atoms with Crippen molar-refractivity contribution in [3.63, 3.8) is 0 Å². The van der Waals surface area contributed by atoms with Crippen LogP contribution >= 0.6 is 23.1 Å². The first-order chi connectivity index (χ1) is 17.1. The molecule has 35 heavy (non-hydrogen) atoms. The monoisotopic (exact) mass is 514 g/mol. The van der Waals surface area contributed by atoms with Crippen LogP contribution in [0.1, 0.15) is 61.9 Å². The number of rotatable bonds is 11. The van der Waals surface area contributed by atoms with Gasteiger partial charge < -0.3 is 9.47 Å². The molecular weight excluding hydrogens is 484 g/mol. The molecule has 186 valence electrons. The van der Waals surface area contributed by atoms with Crippen molar-refractivity contribution in [3.05, 3.63) is 47.8 Å². The van der Waals surface area contributed by atoms with Gasteiger partial charge in [0, 0.05) is 12.5 Å². The van der Waals surface area contributed by atoms with E-state index in [1.165, 1.54) is 42.4 Å². The van der Waals surface area contributed by atoms with Crippen molar-refractivity contribution in [3.8, 4) is 11.5 Å². The van der Waals surface area contributed by atoms with Crippen LogP contribution in [0.15, 0.2) is 42.1 Å². The number of carbonyl (C=O) groups excluding carboxylic acids is 1. The van der Waals surface area contributed by atoms with Crippen molar-refractivity contribution in [1.29, 1.82) is 0 Å². The molecule has 1 aliphatic rings. The number of aromatic nitrogens is 5. The summed E-state index contributed by atoms with van der Waals surface area (Å²) in [6.45, 7) is 6.25. The molecular formula is C24H30N6O3S2. The maximum atomic E-state index is 12.6. The summed E-state index contributed by atoms with van der Waals surface area (Å²) < 4.78 is 13.1. The van der Waals surface area contributed by atoms with E-state index in [-0.39, 0.29) is 17.8 Å². The van der Waals surface area contributed by atoms with Gasteiger partial charge in [-0.05, 0) is 44.0 Å². The molecule has 9 nitrogen and oxygen atoms in total. The third-order valence-electron chi connectivity index (χ3n) is 5.77. The van der Waals surface area contributed by atoms with Crippen LogP contribution in [0.2, 0.25) is 0 Å². The Labute approximate surface area is 213 Å². The Morgan fingerprint density at radius 2 is 1.94 bits per heavy atom. The number of amides is 1. The summed E-state index contributed by atoms with van der Waals surface area (Å²) in [6.07, 6.45) is 7.49. The van der Waals surface area contributed by atoms with Gasteiger partial charge in [0.1, 0.15) is 16.5 Å². The van der Waals surface area contributed by atoms with Gasteiger partial charge in [-0.15, -0.1) is 27.0 Å². The van der Waals surface area contributed by atoms with E-state index in [1.807, 2.05) is 35.8 Å². The van der Waals surface area contributed by atoms with Crippen molar-refractivity contribution >= 4 is 34.1 Å². The number of allylic oxidation sites excluding steroid dienone is 1. The smallest absolute Gasteiger partial charge is 0.236 e. The normalized spacial score (nSPS) is 14.9. The molecule has 3 aromatic rings. The van der Waals surface area contributed by atoms with Crippen molar-refractivity contribution < 1.29 is 14.3 Å². The lowest BCUT2D eigenvalue weighted by atomic mass is 9.90. The van der Waals surface area contributed by atoms with Crippen LogP contribution in [0.3, 0.4) is 0 Å². The highest BCUT2D eigenvalue weighted by atomic mass is 32.2. The van der Waals surface area contributed by atoms with E-state index < -0.39 is 0 Å². The average molecular weight is 515 g/mol. The summed E-state index contributed by atoms with van der Waals surface area (Å²) in [6, 6.07) is 7.37. The Kier molecular flexibility index (Phi) is 8.75. The van der Waals surface area contributed by atoms with E-state index in [1.54, 1.807) is 13.2 Å². The van der Waals surface area contributed by atoms with Crippen LogP contribution < -0.4 is 14.8 Å². The minimum atomic E-state index is -0.348. The second-order valence-electron chi connectivity index (χ2n) is 8.29. The number of methoxy groups -OCH3 is 1. The van der Waals surface area contributed by atoms with Gasteiger partial charge in [0.15, 0.2) is 17.1 Å². The molecule has 0 aliphatic heterocycles. The number of thioether (sulfide) groups is 1. The van der Waals surface area contributed by atoms with Gasteiger partial charge in [0.2, 0.25) is 11.0 Å². The Bertz CT molecular complexity index is 1120. The minimum Gasteiger partial charge on any atom is -0.497 e. The van der Waals surface area contributed by atoms with E-state index in [4.69, 9.17) is 9.47 Å². The lowest BCUT2D eigenvalue weighted by Crippen LogP contribution is -2.15. The quantitative estimate of drug-likeness (QED) is 0.274. The van der Waals surface area contributed by atoms with E-state index >= 15 is 0 Å². The molecule has 1 atom stereocenters. The molecule has 2 heterocycles. The zero-order valence-corrected chi connectivity index (χ0v) is 21.6. The van der Waals surface area contributed by atoms with Crippen molar-refractivity contribution in [2.24, 2.45) is 0 Å². The van der Waals surface area contributed by atoms with Crippen LogP contribution in [0.5, 0.6) is 11.5 Å². The first-order valence-corrected chi connectivity index (χ1v) is 13.5. The Balaban J connectivity index is 1.35. The molecule has 1 N–H and O–H groups in total. The summed E-state index contributed by atoms with van der Waals surface area (Å²) in [4.78, 5) is 12.6. The number of nitrogens with one attached hydrogen (secondary N) is 1. The summed E-state index contributed by atoms with van der Waals surface area (Å²) in [5, 5.41) is 22.2. The van der Waals surface area contributed by atoms with Crippen molar-refractivity contribution in [2.45, 2.75) is 62.8 Å². The summed E-state index contributed by atoms with van der Waals surface area (Å²) in [5.41, 5.74) is 0. The highest BCUT2D eigenvalue weighted by molar-refractivity contribution is 7.99. The van der Waals surface area contributed by atoms with Gasteiger partial charge in [0.05, 0.1) is 12.9 Å². The van der Waals surface area contributed by atoms with Gasteiger partial charge in [-0.3, -0.25) is 14.7 Å². The molecule has 0 spiro atoms. The zero-order valence-electron chi connectivity index (χ0n) is 20.0. The number of nitrogens with zero attached hydrogens (tertiary/aromatic N) is 5. The molecule has 1 amide bonds. The second-order valence-corrected chi connectivity index (χ2v) is 10.2. The first-order valence-electron chi connectivity index (χ1n) is 11.7. The van der Waals surface area contributed by atoms with Gasteiger partial charge in [-0.1, -0.05) is 48.4 Å². The molecule has 1 aliphatic carbocycles. The highest BCUT2D eigenvalue weighted by Crippen LogP contribution is 2.35. The third kappa shape index (κ3) is 6.61. The maximum Gasteiger partial charge on any atom is 0.236 e. The molecule has 1 saturated carbocycles. The summed E-state index contributed by atoms with van der Waals surface area (Å²) in [7, 11) is 1.62. The highest BCUT2D eigenvalue weighted by Gasteiger charge is 2.22. The second kappa shape index (κ2) is 12.2. The molecule has 1 fully saturated rings. The molecule has 11 heteroatoms. The lowest BCUT2D eigenvalue weighted by molar-refractivity contribution is -0.113. The Hall–Kier alpha value is -2.92. The molecule has 1 unspecified atom stereocenters. The molecule has 4 rings (SSSR count). The van der Waals surface area contributed by atoms with E-state index in [9.17, 15) is 4.79 Å². The van der Waals surface area contributed by atoms with Gasteiger partial charge in [-0.25, -0.2) is 0 Å². The fourth-order valence-corrected chi connectivity index (χ4v) is 5.69. The molecule has 1 aromatic carbocycles. The number of benzene rings is 1. The standard InChI is InChI=1S/C24H30N6O3S2/c1-4-14-30-21(16(2)33-19-12-10-18(32-3)11-13-19)26-29-24(30)34-15-20(31)25-23-28-27-22(35-23)17-8-6-5-7-9-17/h4,10-13,16-17H,1,5-9,14-15H2,2-3H3,(H,25,28,31). The summed E-state index contributed by atoms with van der Waals surface area (Å²) in [5.74, 6) is 2.62. The summed E-state index contributed by atoms with van der Waals surface area (Å²) >= 11 is 2.79. The van der Waals surface area contributed by atoms with Crippen LogP contribution in [0.25, 0.3) is 0 Å².